The van der Waals surface area contributed by atoms with Crippen molar-refractivity contribution < 1.29 is 9.13 Å². The van der Waals surface area contributed by atoms with Gasteiger partial charge in [0.05, 0.1) is 0 Å². The van der Waals surface area contributed by atoms with Crippen molar-refractivity contribution in [3.05, 3.63) is 133 Å². The number of halogens is 1. The van der Waals surface area contributed by atoms with Gasteiger partial charge in [0.15, 0.2) is 17.5 Å². The lowest BCUT2D eigenvalue weighted by atomic mass is 9.85. The molecular formula is C36H26FN3O. The third kappa shape index (κ3) is 4.66. The van der Waals surface area contributed by atoms with E-state index in [9.17, 15) is 0 Å². The summed E-state index contributed by atoms with van der Waals surface area (Å²) in [5.74, 6) is 1.87. The summed E-state index contributed by atoms with van der Waals surface area (Å²) < 4.78 is 21.7. The Hall–Kier alpha value is -5.16. The standard InChI is InChI=1S/C36H26FN3O/c1-36(2)31-16-10-9-15-29(31)30-18-17-25(22-32(30)41-36)26-19-27(21-28(37)20-26)35-39-33(23-11-5-3-6-12-23)38-34(40-35)24-13-7-4-8-14-24/h3-22H,1-2H3. The molecule has 0 saturated heterocycles. The van der Waals surface area contributed by atoms with Crippen molar-refractivity contribution in [3.8, 4) is 62.2 Å². The lowest BCUT2D eigenvalue weighted by Crippen LogP contribution is -2.29. The molecule has 0 atom stereocenters. The third-order valence-corrected chi connectivity index (χ3v) is 7.40. The largest absolute Gasteiger partial charge is 0.482 e. The van der Waals surface area contributed by atoms with Crippen molar-refractivity contribution in [1.82, 2.24) is 15.0 Å². The lowest BCUT2D eigenvalue weighted by Gasteiger charge is -2.35. The van der Waals surface area contributed by atoms with E-state index in [-0.39, 0.29) is 5.82 Å². The number of rotatable bonds is 4. The molecule has 4 nitrogen and oxygen atoms in total. The van der Waals surface area contributed by atoms with E-state index in [2.05, 4.69) is 26.0 Å². The average Bonchev–Trinajstić information content (AvgIpc) is 3.01. The molecule has 0 amide bonds. The van der Waals surface area contributed by atoms with Gasteiger partial charge in [0.2, 0.25) is 0 Å². The molecule has 0 radical (unpaired) electrons. The second kappa shape index (κ2) is 9.79. The van der Waals surface area contributed by atoms with Crippen LogP contribution in [0.3, 0.4) is 0 Å². The topological polar surface area (TPSA) is 47.9 Å². The molecule has 0 aliphatic carbocycles. The smallest absolute Gasteiger partial charge is 0.164 e. The maximum atomic E-state index is 15.2. The Kier molecular flexibility index (Phi) is 5.93. The van der Waals surface area contributed by atoms with Crippen LogP contribution in [0.4, 0.5) is 4.39 Å². The van der Waals surface area contributed by atoms with E-state index in [0.717, 1.165) is 39.1 Å². The SMILES string of the molecule is CC1(C)Oc2cc(-c3cc(F)cc(-c4nc(-c5ccccc5)nc(-c5ccccc5)n4)c3)ccc2-c2ccccc21. The van der Waals surface area contributed by atoms with Gasteiger partial charge in [0.1, 0.15) is 17.2 Å². The highest BCUT2D eigenvalue weighted by Gasteiger charge is 2.32. The maximum absolute atomic E-state index is 15.2. The summed E-state index contributed by atoms with van der Waals surface area (Å²) in [5.41, 5.74) is 6.69. The van der Waals surface area contributed by atoms with Gasteiger partial charge in [-0.05, 0) is 54.8 Å². The predicted molar refractivity (Wildman–Crippen MR) is 161 cm³/mol. The number of benzene rings is 5. The van der Waals surface area contributed by atoms with Crippen molar-refractivity contribution in [3.63, 3.8) is 0 Å². The van der Waals surface area contributed by atoms with E-state index < -0.39 is 5.60 Å². The van der Waals surface area contributed by atoms with E-state index in [1.165, 1.54) is 12.1 Å². The minimum Gasteiger partial charge on any atom is -0.482 e. The van der Waals surface area contributed by atoms with Gasteiger partial charge in [-0.1, -0.05) is 97.1 Å². The molecule has 5 heteroatoms. The van der Waals surface area contributed by atoms with Gasteiger partial charge in [0, 0.05) is 27.8 Å². The highest BCUT2D eigenvalue weighted by molar-refractivity contribution is 5.81. The molecule has 0 fully saturated rings. The van der Waals surface area contributed by atoms with Gasteiger partial charge in [-0.15, -0.1) is 0 Å². The van der Waals surface area contributed by atoms with Crippen LogP contribution in [0, 0.1) is 5.82 Å². The molecular weight excluding hydrogens is 509 g/mol. The Labute approximate surface area is 238 Å². The highest BCUT2D eigenvalue weighted by Crippen LogP contribution is 2.46. The number of hydrogen-bond donors (Lipinski definition) is 0. The van der Waals surface area contributed by atoms with Crippen molar-refractivity contribution in [1.29, 1.82) is 0 Å². The predicted octanol–water partition coefficient (Wildman–Crippen LogP) is 8.97. The molecule has 1 aromatic heterocycles. The maximum Gasteiger partial charge on any atom is 0.164 e. The minimum absolute atomic E-state index is 0.371. The van der Waals surface area contributed by atoms with Crippen LogP contribution in [-0.4, -0.2) is 15.0 Å². The van der Waals surface area contributed by atoms with Gasteiger partial charge in [-0.25, -0.2) is 19.3 Å². The molecule has 0 bridgehead atoms. The first-order valence-corrected chi connectivity index (χ1v) is 13.6. The van der Waals surface area contributed by atoms with E-state index in [1.807, 2.05) is 97.1 Å². The fourth-order valence-corrected chi connectivity index (χ4v) is 5.40. The van der Waals surface area contributed by atoms with Crippen molar-refractivity contribution >= 4 is 0 Å². The summed E-state index contributed by atoms with van der Waals surface area (Å²) in [6, 6.07) is 38.8. The van der Waals surface area contributed by atoms with Gasteiger partial charge in [0.25, 0.3) is 0 Å². The number of hydrogen-bond acceptors (Lipinski definition) is 4. The van der Waals surface area contributed by atoms with Crippen molar-refractivity contribution in [2.45, 2.75) is 19.4 Å². The van der Waals surface area contributed by atoms with Crippen LogP contribution in [0.5, 0.6) is 5.75 Å². The molecule has 0 spiro atoms. The number of aromatic nitrogens is 3. The van der Waals surface area contributed by atoms with Gasteiger partial charge < -0.3 is 4.74 Å². The van der Waals surface area contributed by atoms with Crippen molar-refractivity contribution in [2.24, 2.45) is 0 Å². The molecule has 0 unspecified atom stereocenters. The monoisotopic (exact) mass is 535 g/mol. The molecule has 7 rings (SSSR count). The average molecular weight is 536 g/mol. The number of ether oxygens (including phenoxy) is 1. The molecule has 5 aromatic carbocycles. The normalized spacial score (nSPS) is 13.1. The summed E-state index contributed by atoms with van der Waals surface area (Å²) in [6.07, 6.45) is 0. The zero-order chi connectivity index (χ0) is 28.0. The summed E-state index contributed by atoms with van der Waals surface area (Å²) in [7, 11) is 0. The van der Waals surface area contributed by atoms with Crippen LogP contribution in [0.15, 0.2) is 121 Å². The first-order chi connectivity index (χ1) is 19.9. The molecule has 6 aromatic rings. The molecule has 0 N–H and O–H groups in total. The van der Waals surface area contributed by atoms with Crippen LogP contribution >= 0.6 is 0 Å². The zero-order valence-electron chi connectivity index (χ0n) is 22.7. The second-order valence-electron chi connectivity index (χ2n) is 10.6. The second-order valence-corrected chi connectivity index (χ2v) is 10.6. The van der Waals surface area contributed by atoms with E-state index >= 15 is 4.39 Å². The van der Waals surface area contributed by atoms with E-state index in [4.69, 9.17) is 19.7 Å². The van der Waals surface area contributed by atoms with Crippen LogP contribution in [0.1, 0.15) is 19.4 Å². The van der Waals surface area contributed by atoms with Gasteiger partial charge in [-0.3, -0.25) is 0 Å². The van der Waals surface area contributed by atoms with Crippen molar-refractivity contribution in [2.75, 3.05) is 0 Å². The summed E-state index contributed by atoms with van der Waals surface area (Å²) >= 11 is 0. The molecule has 198 valence electrons. The fraction of sp³-hybridized carbons (Fsp3) is 0.0833. The Morgan fingerprint density at radius 1 is 0.512 bits per heavy atom. The first kappa shape index (κ1) is 24.9. The van der Waals surface area contributed by atoms with Crippen LogP contribution < -0.4 is 4.74 Å². The third-order valence-electron chi connectivity index (χ3n) is 7.40. The summed E-state index contributed by atoms with van der Waals surface area (Å²) in [4.78, 5) is 14.3. The highest BCUT2D eigenvalue weighted by atomic mass is 19.1. The quantitative estimate of drug-likeness (QED) is 0.226. The Bertz CT molecular complexity index is 1840. The Morgan fingerprint density at radius 2 is 1.07 bits per heavy atom. The Morgan fingerprint density at radius 3 is 1.73 bits per heavy atom. The molecule has 41 heavy (non-hydrogen) atoms. The lowest BCUT2D eigenvalue weighted by molar-refractivity contribution is 0.106. The molecule has 2 heterocycles. The summed E-state index contributed by atoms with van der Waals surface area (Å²) in [6.45, 7) is 4.13. The van der Waals surface area contributed by atoms with Gasteiger partial charge in [-0.2, -0.15) is 0 Å². The first-order valence-electron chi connectivity index (χ1n) is 13.6. The summed E-state index contributed by atoms with van der Waals surface area (Å²) in [5, 5.41) is 0. The van der Waals surface area contributed by atoms with Crippen LogP contribution in [0.25, 0.3) is 56.4 Å². The van der Waals surface area contributed by atoms with E-state index in [1.54, 1.807) is 0 Å². The zero-order valence-corrected chi connectivity index (χ0v) is 22.7. The molecule has 1 aliphatic heterocycles. The minimum atomic E-state index is -0.484. The van der Waals surface area contributed by atoms with E-state index in [0.29, 0.717) is 28.6 Å². The Balaban J connectivity index is 1.35. The number of fused-ring (bicyclic) bond motifs is 3. The molecule has 1 aliphatic rings. The number of nitrogens with zero attached hydrogens (tertiary/aromatic N) is 3. The van der Waals surface area contributed by atoms with Crippen LogP contribution in [0.2, 0.25) is 0 Å². The van der Waals surface area contributed by atoms with Crippen LogP contribution in [-0.2, 0) is 5.60 Å². The molecule has 0 saturated carbocycles. The van der Waals surface area contributed by atoms with Gasteiger partial charge >= 0.3 is 0 Å². The fourth-order valence-electron chi connectivity index (χ4n) is 5.40.